The maximum Gasteiger partial charge on any atom is 0.262 e. The van der Waals surface area contributed by atoms with Crippen LogP contribution in [0.5, 0.6) is 0 Å². The average molecular weight is 284 g/mol. The first-order valence-corrected chi connectivity index (χ1v) is 8.13. The number of aryl methyl sites for hydroxylation is 1. The second-order valence-electron chi connectivity index (χ2n) is 5.85. The Balaban J connectivity index is 1.88. The van der Waals surface area contributed by atoms with Gasteiger partial charge in [-0.1, -0.05) is 12.8 Å². The molecule has 2 heterocycles. The summed E-state index contributed by atoms with van der Waals surface area (Å²) in [7, 11) is -1.73. The highest BCUT2D eigenvalue weighted by Gasteiger charge is 2.48. The molecule has 1 aromatic rings. The fourth-order valence-electron chi connectivity index (χ4n) is 3.29. The largest absolute Gasteiger partial charge is 0.339 e. The predicted molar refractivity (Wildman–Crippen MR) is 70.8 cm³/mol. The lowest BCUT2D eigenvalue weighted by Crippen LogP contribution is -2.49. The minimum absolute atomic E-state index is 0.122. The topological polar surface area (TPSA) is 81.2 Å². The third-order valence-corrected chi connectivity index (χ3v) is 6.14. The second kappa shape index (κ2) is 4.29. The maximum atomic E-state index is 12.5. The lowest BCUT2D eigenvalue weighted by molar-refractivity contribution is 0.247. The van der Waals surface area contributed by atoms with E-state index >= 15 is 0 Å². The molecule has 1 aromatic heterocycles. The molecule has 19 heavy (non-hydrogen) atoms. The molecule has 3 rings (SSSR count). The molecule has 0 amide bonds. The molecule has 0 bridgehead atoms. The predicted octanol–water partition coefficient (Wildman–Crippen LogP) is 0.312. The van der Waals surface area contributed by atoms with Crippen molar-refractivity contribution in [3.8, 4) is 0 Å². The van der Waals surface area contributed by atoms with Crippen LogP contribution in [0.15, 0.2) is 17.6 Å². The number of fused-ring (bicyclic) bond motifs is 1. The molecule has 0 aromatic carbocycles. The number of hydrogen-bond acceptors (Lipinski definition) is 4. The summed E-state index contributed by atoms with van der Waals surface area (Å²) in [4.78, 5) is 3.96. The number of sulfonamides is 1. The highest BCUT2D eigenvalue weighted by Crippen LogP contribution is 2.39. The van der Waals surface area contributed by atoms with Crippen LogP contribution >= 0.6 is 0 Å². The summed E-state index contributed by atoms with van der Waals surface area (Å²) >= 11 is 0. The smallest absolute Gasteiger partial charge is 0.262 e. The summed E-state index contributed by atoms with van der Waals surface area (Å²) in [6, 6.07) is 0. The molecular formula is C12H20N4O2S. The summed E-state index contributed by atoms with van der Waals surface area (Å²) in [5.74, 6) is 0.291. The molecule has 2 N–H and O–H groups in total. The molecular weight excluding hydrogens is 264 g/mol. The SMILES string of the molecule is Cn1cnc(S(=O)(=O)N2C[C@@H]3CCCC[C@@]3(N)C2)c1. The Hall–Kier alpha value is -0.920. The van der Waals surface area contributed by atoms with Gasteiger partial charge in [0.05, 0.1) is 6.33 Å². The third kappa shape index (κ3) is 2.09. The number of hydrogen-bond donors (Lipinski definition) is 1. The van der Waals surface area contributed by atoms with Crippen molar-refractivity contribution in [3.05, 3.63) is 12.5 Å². The zero-order valence-corrected chi connectivity index (χ0v) is 11.9. The van der Waals surface area contributed by atoms with Gasteiger partial charge in [0.15, 0.2) is 5.03 Å². The van der Waals surface area contributed by atoms with Gasteiger partial charge in [0.1, 0.15) is 0 Å². The summed E-state index contributed by atoms with van der Waals surface area (Å²) in [6.45, 7) is 0.964. The van der Waals surface area contributed by atoms with Gasteiger partial charge in [-0.3, -0.25) is 0 Å². The molecule has 2 fully saturated rings. The molecule has 1 aliphatic heterocycles. The first-order chi connectivity index (χ1) is 8.92. The molecule has 106 valence electrons. The van der Waals surface area contributed by atoms with Crippen molar-refractivity contribution >= 4 is 10.0 Å². The maximum absolute atomic E-state index is 12.5. The van der Waals surface area contributed by atoms with Crippen molar-refractivity contribution in [1.29, 1.82) is 0 Å². The zero-order valence-electron chi connectivity index (χ0n) is 11.1. The van der Waals surface area contributed by atoms with E-state index in [-0.39, 0.29) is 10.6 Å². The van der Waals surface area contributed by atoms with Crippen molar-refractivity contribution in [2.24, 2.45) is 18.7 Å². The van der Waals surface area contributed by atoms with Crippen molar-refractivity contribution in [2.75, 3.05) is 13.1 Å². The van der Waals surface area contributed by atoms with E-state index in [2.05, 4.69) is 4.98 Å². The Labute approximate surface area is 113 Å². The van der Waals surface area contributed by atoms with E-state index in [4.69, 9.17) is 5.73 Å². The van der Waals surface area contributed by atoms with Crippen molar-refractivity contribution in [2.45, 2.75) is 36.2 Å². The number of imidazole rings is 1. The van der Waals surface area contributed by atoms with Gasteiger partial charge >= 0.3 is 0 Å². The van der Waals surface area contributed by atoms with Crippen LogP contribution in [0.3, 0.4) is 0 Å². The monoisotopic (exact) mass is 284 g/mol. The molecule has 1 saturated carbocycles. The Bertz CT molecular complexity index is 582. The molecule has 2 atom stereocenters. The van der Waals surface area contributed by atoms with Gasteiger partial charge in [-0.2, -0.15) is 4.31 Å². The third-order valence-electron chi connectivity index (χ3n) is 4.44. The number of rotatable bonds is 2. The van der Waals surface area contributed by atoms with Crippen molar-refractivity contribution in [3.63, 3.8) is 0 Å². The van der Waals surface area contributed by atoms with Crippen LogP contribution in [0, 0.1) is 5.92 Å². The van der Waals surface area contributed by atoms with E-state index in [9.17, 15) is 8.42 Å². The van der Waals surface area contributed by atoms with Gasteiger partial charge in [0, 0.05) is 31.9 Å². The van der Waals surface area contributed by atoms with E-state index < -0.39 is 10.0 Å². The molecule has 0 unspecified atom stereocenters. The quantitative estimate of drug-likeness (QED) is 0.847. The molecule has 0 radical (unpaired) electrons. The highest BCUT2D eigenvalue weighted by atomic mass is 32.2. The van der Waals surface area contributed by atoms with Crippen LogP contribution < -0.4 is 5.73 Å². The van der Waals surface area contributed by atoms with E-state index in [1.54, 1.807) is 17.8 Å². The molecule has 6 nitrogen and oxygen atoms in total. The fraction of sp³-hybridized carbons (Fsp3) is 0.750. The Kier molecular flexibility index (Phi) is 2.95. The number of nitrogens with two attached hydrogens (primary N) is 1. The standard InChI is InChI=1S/C12H20N4O2S/c1-15-7-11(14-9-15)19(17,18)16-6-10-4-2-3-5-12(10,13)8-16/h7,9-10H,2-6,8,13H2,1H3/t10-,12+/m0/s1. The minimum atomic E-state index is -3.49. The van der Waals surface area contributed by atoms with E-state index in [0.29, 0.717) is 19.0 Å². The lowest BCUT2D eigenvalue weighted by Gasteiger charge is -2.34. The highest BCUT2D eigenvalue weighted by molar-refractivity contribution is 7.89. The van der Waals surface area contributed by atoms with Crippen molar-refractivity contribution in [1.82, 2.24) is 13.9 Å². The number of nitrogens with zero attached hydrogens (tertiary/aromatic N) is 3. The van der Waals surface area contributed by atoms with Crippen LogP contribution in [-0.2, 0) is 17.1 Å². The van der Waals surface area contributed by atoms with Gasteiger partial charge in [0.25, 0.3) is 10.0 Å². The first kappa shape index (κ1) is 13.1. The summed E-state index contributed by atoms with van der Waals surface area (Å²) in [5, 5.41) is 0.122. The van der Waals surface area contributed by atoms with Crippen LogP contribution in [0.4, 0.5) is 0 Å². The average Bonchev–Trinajstić information content (AvgIpc) is 2.92. The molecule has 1 saturated heterocycles. The molecule has 2 aliphatic rings. The second-order valence-corrected chi connectivity index (χ2v) is 7.74. The number of aromatic nitrogens is 2. The van der Waals surface area contributed by atoms with Gasteiger partial charge in [-0.25, -0.2) is 13.4 Å². The van der Waals surface area contributed by atoms with Crippen LogP contribution in [0.25, 0.3) is 0 Å². The normalized spacial score (nSPS) is 32.4. The lowest BCUT2D eigenvalue weighted by atomic mass is 9.76. The summed E-state index contributed by atoms with van der Waals surface area (Å²) in [5.41, 5.74) is 6.07. The summed E-state index contributed by atoms with van der Waals surface area (Å²) < 4.78 is 28.2. The van der Waals surface area contributed by atoms with Crippen LogP contribution in [-0.4, -0.2) is 40.9 Å². The first-order valence-electron chi connectivity index (χ1n) is 6.69. The Morgan fingerprint density at radius 1 is 1.47 bits per heavy atom. The van der Waals surface area contributed by atoms with Gasteiger partial charge in [0.2, 0.25) is 0 Å². The van der Waals surface area contributed by atoms with Gasteiger partial charge < -0.3 is 10.3 Å². The minimum Gasteiger partial charge on any atom is -0.339 e. The Morgan fingerprint density at radius 3 is 2.89 bits per heavy atom. The van der Waals surface area contributed by atoms with E-state index in [0.717, 1.165) is 25.7 Å². The Morgan fingerprint density at radius 2 is 2.26 bits per heavy atom. The molecule has 0 spiro atoms. The van der Waals surface area contributed by atoms with Crippen LogP contribution in [0.2, 0.25) is 0 Å². The molecule has 1 aliphatic carbocycles. The van der Waals surface area contributed by atoms with Crippen LogP contribution in [0.1, 0.15) is 25.7 Å². The molecule has 7 heteroatoms. The summed E-state index contributed by atoms with van der Waals surface area (Å²) in [6.07, 6.45) is 7.26. The van der Waals surface area contributed by atoms with Gasteiger partial charge in [-0.15, -0.1) is 0 Å². The van der Waals surface area contributed by atoms with E-state index in [1.807, 2.05) is 0 Å². The zero-order chi connectivity index (χ0) is 13.7. The van der Waals surface area contributed by atoms with Crippen molar-refractivity contribution < 1.29 is 8.42 Å². The fourth-order valence-corrected chi connectivity index (χ4v) is 4.82. The van der Waals surface area contributed by atoms with Gasteiger partial charge in [-0.05, 0) is 18.8 Å². The van der Waals surface area contributed by atoms with E-state index in [1.165, 1.54) is 10.6 Å².